The van der Waals surface area contributed by atoms with E-state index in [1.54, 1.807) is 32.4 Å². The Bertz CT molecular complexity index is 949. The summed E-state index contributed by atoms with van der Waals surface area (Å²) in [6, 6.07) is 10.9. The fraction of sp³-hybridized carbons (Fsp3) is 0.318. The molecule has 1 amide bonds. The molecule has 1 unspecified atom stereocenters. The molecule has 1 heterocycles. The van der Waals surface area contributed by atoms with Crippen LogP contribution in [0.3, 0.4) is 0 Å². The number of methoxy groups -OCH3 is 2. The number of thioether (sulfide) groups is 1. The van der Waals surface area contributed by atoms with E-state index in [2.05, 4.69) is 24.5 Å². The first-order valence-electron chi connectivity index (χ1n) is 9.49. The van der Waals surface area contributed by atoms with Crippen molar-refractivity contribution in [3.8, 4) is 17.2 Å². The minimum atomic E-state index is -0.341. The van der Waals surface area contributed by atoms with Crippen LogP contribution >= 0.6 is 23.4 Å². The Kier molecular flexibility index (Phi) is 7.39. The van der Waals surface area contributed by atoms with Gasteiger partial charge in [-0.05, 0) is 47.9 Å². The van der Waals surface area contributed by atoms with Crippen molar-refractivity contribution in [1.82, 2.24) is 5.32 Å². The molecule has 1 aliphatic heterocycles. The van der Waals surface area contributed by atoms with E-state index in [-0.39, 0.29) is 11.4 Å². The highest BCUT2D eigenvalue weighted by atomic mass is 35.5. The van der Waals surface area contributed by atoms with Crippen LogP contribution in [0.5, 0.6) is 17.2 Å². The summed E-state index contributed by atoms with van der Waals surface area (Å²) in [6.45, 7) is 4.78. The van der Waals surface area contributed by atoms with Crippen LogP contribution in [0.2, 0.25) is 5.02 Å². The molecular weight excluding hydrogens is 424 g/mol. The average Bonchev–Trinajstić information content (AvgIpc) is 3.05. The maximum atomic E-state index is 12.4. The second kappa shape index (κ2) is 10.00. The summed E-state index contributed by atoms with van der Waals surface area (Å²) in [5.74, 6) is 2.22. The highest BCUT2D eigenvalue weighted by Crippen LogP contribution is 2.35. The number of carbonyl (C=O) groups excluding carboxylic acids is 1. The molecule has 0 radical (unpaired) electrons. The lowest BCUT2D eigenvalue weighted by atomic mass is 10.2. The number of rotatable bonds is 8. The van der Waals surface area contributed by atoms with Crippen LogP contribution in [0.25, 0.3) is 6.08 Å². The summed E-state index contributed by atoms with van der Waals surface area (Å²) in [4.78, 5) is 13.0. The molecular formula is C22H25ClN2O4S. The lowest BCUT2D eigenvalue weighted by Crippen LogP contribution is -2.31. The molecule has 1 atom stereocenters. The Morgan fingerprint density at radius 3 is 2.57 bits per heavy atom. The molecule has 0 aliphatic carbocycles. The highest BCUT2D eigenvalue weighted by Gasteiger charge is 2.28. The fourth-order valence-corrected chi connectivity index (χ4v) is 3.95. The first-order valence-corrected chi connectivity index (χ1v) is 10.8. The predicted molar refractivity (Wildman–Crippen MR) is 122 cm³/mol. The first kappa shape index (κ1) is 22.2. The van der Waals surface area contributed by atoms with Crippen molar-refractivity contribution in [3.05, 3.63) is 51.9 Å². The number of carbonyl (C=O) groups is 1. The largest absolute Gasteiger partial charge is 0.495 e. The molecule has 0 aromatic heterocycles. The zero-order chi connectivity index (χ0) is 21.7. The minimum absolute atomic E-state index is 0.155. The summed E-state index contributed by atoms with van der Waals surface area (Å²) in [5.41, 5.74) is 1.21. The van der Waals surface area contributed by atoms with Crippen LogP contribution in [0.1, 0.15) is 19.4 Å². The molecule has 8 heteroatoms. The smallest absolute Gasteiger partial charge is 0.260 e. The van der Waals surface area contributed by atoms with Crippen LogP contribution in [-0.2, 0) is 4.79 Å². The zero-order valence-electron chi connectivity index (χ0n) is 17.3. The average molecular weight is 449 g/mol. The van der Waals surface area contributed by atoms with E-state index in [4.69, 9.17) is 25.8 Å². The van der Waals surface area contributed by atoms with Gasteiger partial charge in [-0.3, -0.25) is 4.79 Å². The Balaban J connectivity index is 1.74. The van der Waals surface area contributed by atoms with Crippen LogP contribution < -0.4 is 24.8 Å². The normalized spacial score (nSPS) is 17.2. The maximum Gasteiger partial charge on any atom is 0.260 e. The van der Waals surface area contributed by atoms with E-state index in [1.807, 2.05) is 24.3 Å². The van der Waals surface area contributed by atoms with Crippen molar-refractivity contribution in [1.29, 1.82) is 0 Å². The van der Waals surface area contributed by atoms with Crippen LogP contribution in [-0.4, -0.2) is 32.2 Å². The third-order valence-corrected chi connectivity index (χ3v) is 5.50. The molecule has 6 nitrogen and oxygen atoms in total. The van der Waals surface area contributed by atoms with Crippen LogP contribution in [0.4, 0.5) is 5.69 Å². The second-order valence-corrected chi connectivity index (χ2v) is 8.67. The van der Waals surface area contributed by atoms with Gasteiger partial charge in [0.1, 0.15) is 5.75 Å². The van der Waals surface area contributed by atoms with Crippen molar-refractivity contribution >= 4 is 41.0 Å². The van der Waals surface area contributed by atoms with Crippen molar-refractivity contribution < 1.29 is 19.0 Å². The van der Waals surface area contributed by atoms with Gasteiger partial charge in [0.2, 0.25) is 0 Å². The number of anilines is 1. The van der Waals surface area contributed by atoms with E-state index in [9.17, 15) is 4.79 Å². The topological polar surface area (TPSA) is 68.8 Å². The van der Waals surface area contributed by atoms with Gasteiger partial charge in [0.05, 0.1) is 31.4 Å². The Morgan fingerprint density at radius 1 is 1.13 bits per heavy atom. The number of hydrogen-bond acceptors (Lipinski definition) is 6. The number of benzene rings is 2. The standard InChI is InChI=1S/C22H25ClN2O4S/c1-13(2)12-29-18-7-5-14(9-19(18)28-4)10-20-21(26)25-22(30-20)24-16-11-15(23)6-8-17(16)27-3/h5-11,13,22,24H,12H2,1-4H3,(H,25,26)/b20-10-. The molecule has 30 heavy (non-hydrogen) atoms. The monoisotopic (exact) mass is 448 g/mol. The quantitative estimate of drug-likeness (QED) is 0.554. The van der Waals surface area contributed by atoms with E-state index in [0.717, 1.165) is 5.56 Å². The van der Waals surface area contributed by atoms with E-state index >= 15 is 0 Å². The summed E-state index contributed by atoms with van der Waals surface area (Å²) >= 11 is 7.47. The van der Waals surface area contributed by atoms with Crippen molar-refractivity contribution in [2.24, 2.45) is 5.92 Å². The molecule has 1 fully saturated rings. The highest BCUT2D eigenvalue weighted by molar-refractivity contribution is 8.05. The third-order valence-electron chi connectivity index (χ3n) is 4.24. The second-order valence-electron chi connectivity index (χ2n) is 7.08. The molecule has 160 valence electrons. The Hall–Kier alpha value is -2.51. The molecule has 1 saturated heterocycles. The number of hydrogen-bond donors (Lipinski definition) is 2. The van der Waals surface area contributed by atoms with Gasteiger partial charge in [-0.25, -0.2) is 0 Å². The van der Waals surface area contributed by atoms with Gasteiger partial charge in [0.25, 0.3) is 5.91 Å². The number of amides is 1. The van der Waals surface area contributed by atoms with Gasteiger partial charge in [-0.1, -0.05) is 43.3 Å². The van der Waals surface area contributed by atoms with Crippen molar-refractivity contribution in [2.75, 3.05) is 26.1 Å². The Morgan fingerprint density at radius 2 is 1.87 bits per heavy atom. The lowest BCUT2D eigenvalue weighted by molar-refractivity contribution is -0.116. The molecule has 3 rings (SSSR count). The third kappa shape index (κ3) is 5.55. The molecule has 2 aromatic rings. The molecule has 2 N–H and O–H groups in total. The van der Waals surface area contributed by atoms with Gasteiger partial charge in [0.15, 0.2) is 17.0 Å². The zero-order valence-corrected chi connectivity index (χ0v) is 18.9. The van der Waals surface area contributed by atoms with Crippen molar-refractivity contribution in [2.45, 2.75) is 19.3 Å². The summed E-state index contributed by atoms with van der Waals surface area (Å²) < 4.78 is 16.6. The summed E-state index contributed by atoms with van der Waals surface area (Å²) in [5, 5.41) is 6.73. The Labute approximate surface area is 185 Å². The number of nitrogens with one attached hydrogen (secondary N) is 2. The predicted octanol–water partition coefficient (Wildman–Crippen LogP) is 4.99. The minimum Gasteiger partial charge on any atom is -0.495 e. The molecule has 0 bridgehead atoms. The van der Waals surface area contributed by atoms with Gasteiger partial charge < -0.3 is 24.8 Å². The van der Waals surface area contributed by atoms with Gasteiger partial charge >= 0.3 is 0 Å². The SMILES string of the molecule is COc1ccc(Cl)cc1NC1NC(=O)/C(=C/c2ccc(OCC(C)C)c(OC)c2)S1. The van der Waals surface area contributed by atoms with E-state index in [0.29, 0.717) is 45.4 Å². The van der Waals surface area contributed by atoms with Crippen LogP contribution in [0.15, 0.2) is 41.3 Å². The van der Waals surface area contributed by atoms with Gasteiger partial charge in [-0.2, -0.15) is 0 Å². The van der Waals surface area contributed by atoms with E-state index < -0.39 is 0 Å². The van der Waals surface area contributed by atoms with Crippen LogP contribution in [0, 0.1) is 5.92 Å². The number of ether oxygens (including phenoxy) is 3. The summed E-state index contributed by atoms with van der Waals surface area (Å²) in [7, 11) is 3.19. The maximum absolute atomic E-state index is 12.4. The number of halogens is 1. The van der Waals surface area contributed by atoms with Crippen molar-refractivity contribution in [3.63, 3.8) is 0 Å². The fourth-order valence-electron chi connectivity index (χ4n) is 2.80. The van der Waals surface area contributed by atoms with Gasteiger partial charge in [-0.15, -0.1) is 0 Å². The lowest BCUT2D eigenvalue weighted by Gasteiger charge is -2.15. The first-order chi connectivity index (χ1) is 14.4. The molecule has 1 aliphatic rings. The molecule has 2 aromatic carbocycles. The molecule has 0 spiro atoms. The molecule has 0 saturated carbocycles. The van der Waals surface area contributed by atoms with E-state index in [1.165, 1.54) is 11.8 Å². The van der Waals surface area contributed by atoms with Gasteiger partial charge in [0, 0.05) is 5.02 Å². The summed E-state index contributed by atoms with van der Waals surface area (Å²) in [6.07, 6.45) is 1.83.